The molecule has 0 radical (unpaired) electrons. The van der Waals surface area contributed by atoms with E-state index in [1.807, 2.05) is 11.0 Å². The molecule has 3 heterocycles. The molecule has 1 aliphatic rings. The summed E-state index contributed by atoms with van der Waals surface area (Å²) in [6, 6.07) is 14.2. The number of anilines is 1. The van der Waals surface area contributed by atoms with E-state index in [4.69, 9.17) is 5.26 Å². The number of carbonyl (C=O) groups excluding carboxylic acids is 1. The van der Waals surface area contributed by atoms with Crippen molar-refractivity contribution in [3.8, 4) is 11.8 Å². The van der Waals surface area contributed by atoms with E-state index in [-0.39, 0.29) is 23.3 Å². The van der Waals surface area contributed by atoms with Gasteiger partial charge in [0, 0.05) is 44.2 Å². The Balaban J connectivity index is 1.33. The van der Waals surface area contributed by atoms with Crippen LogP contribution in [0.25, 0.3) is 10.8 Å². The smallest absolute Gasteiger partial charge is 0.272 e. The molecule has 0 aliphatic carbocycles. The quantitative estimate of drug-likeness (QED) is 0.456. The zero-order valence-corrected chi connectivity index (χ0v) is 19.1. The first-order chi connectivity index (χ1) is 17.4. The fourth-order valence-electron chi connectivity index (χ4n) is 4.33. The molecule has 2 aromatic carbocycles. The summed E-state index contributed by atoms with van der Waals surface area (Å²) in [6.07, 6.45) is 1.74. The predicted molar refractivity (Wildman–Crippen MR) is 130 cm³/mol. The Morgan fingerprint density at radius 3 is 2.61 bits per heavy atom. The van der Waals surface area contributed by atoms with Gasteiger partial charge in [0.15, 0.2) is 0 Å². The number of aromatic amines is 1. The van der Waals surface area contributed by atoms with Gasteiger partial charge in [-0.15, -0.1) is 0 Å². The fourth-order valence-corrected chi connectivity index (χ4v) is 4.33. The molecule has 36 heavy (non-hydrogen) atoms. The molecular weight excluding hydrogens is 463 g/mol. The van der Waals surface area contributed by atoms with Crippen molar-refractivity contribution in [1.29, 1.82) is 5.26 Å². The molecule has 2 N–H and O–H groups in total. The van der Waals surface area contributed by atoms with Crippen molar-refractivity contribution in [2.24, 2.45) is 0 Å². The van der Waals surface area contributed by atoms with Crippen LogP contribution >= 0.6 is 0 Å². The molecule has 0 bridgehead atoms. The van der Waals surface area contributed by atoms with E-state index in [0.29, 0.717) is 53.8 Å². The lowest BCUT2D eigenvalue weighted by Gasteiger charge is -2.35. The highest BCUT2D eigenvalue weighted by Crippen LogP contribution is 2.23. The number of phenolic OH excluding ortho intramolecular Hbond substituents is 1. The van der Waals surface area contributed by atoms with Crippen LogP contribution < -0.4 is 10.5 Å². The number of carbonyl (C=O) groups is 1. The number of aromatic nitrogens is 3. The SMILES string of the molecule is N#Cc1ccc(N2CCN(C(=O)c3cc(Cc4n[nH]c(=O)c5ccc(O)cc45)ccc3F)CC2)nc1. The minimum absolute atomic E-state index is 0.00136. The maximum atomic E-state index is 14.7. The molecule has 1 fully saturated rings. The average molecular weight is 484 g/mol. The number of nitriles is 1. The monoisotopic (exact) mass is 484 g/mol. The van der Waals surface area contributed by atoms with E-state index >= 15 is 0 Å². The number of rotatable bonds is 4. The number of benzene rings is 2. The largest absolute Gasteiger partial charge is 0.508 e. The van der Waals surface area contributed by atoms with Crippen molar-refractivity contribution in [2.75, 3.05) is 31.1 Å². The standard InChI is InChI=1S/C26H21FN6O3/c27-22-5-1-16(12-23-20-13-18(34)3-4-19(20)25(35)31-30-23)11-21(22)26(36)33-9-7-32(8-10-33)24-6-2-17(14-28)15-29-24/h1-6,11,13,15,34H,7-10,12H2,(H,31,35). The predicted octanol–water partition coefficient (Wildman–Crippen LogP) is 2.59. The Labute approximate surface area is 205 Å². The van der Waals surface area contributed by atoms with E-state index in [1.165, 1.54) is 36.5 Å². The van der Waals surface area contributed by atoms with Gasteiger partial charge in [-0.2, -0.15) is 10.4 Å². The summed E-state index contributed by atoms with van der Waals surface area (Å²) in [4.78, 5) is 33.2. The lowest BCUT2D eigenvalue weighted by molar-refractivity contribution is 0.0741. The average Bonchev–Trinajstić information content (AvgIpc) is 2.91. The maximum Gasteiger partial charge on any atom is 0.272 e. The number of halogens is 1. The summed E-state index contributed by atoms with van der Waals surface area (Å²) < 4.78 is 14.7. The minimum atomic E-state index is -0.614. The maximum absolute atomic E-state index is 14.7. The van der Waals surface area contributed by atoms with Crippen molar-refractivity contribution in [2.45, 2.75) is 6.42 Å². The van der Waals surface area contributed by atoms with Gasteiger partial charge in [0.25, 0.3) is 11.5 Å². The molecular formula is C26H21FN6O3. The van der Waals surface area contributed by atoms with Gasteiger partial charge < -0.3 is 14.9 Å². The molecule has 10 heteroatoms. The first-order valence-electron chi connectivity index (χ1n) is 11.3. The number of hydrogen-bond acceptors (Lipinski definition) is 7. The molecule has 9 nitrogen and oxygen atoms in total. The van der Waals surface area contributed by atoms with Crippen LogP contribution in [-0.2, 0) is 6.42 Å². The van der Waals surface area contributed by atoms with Gasteiger partial charge in [-0.1, -0.05) is 6.07 Å². The Morgan fingerprint density at radius 1 is 1.08 bits per heavy atom. The number of nitrogens with one attached hydrogen (secondary N) is 1. The number of piperazine rings is 1. The topological polar surface area (TPSA) is 126 Å². The summed E-state index contributed by atoms with van der Waals surface area (Å²) in [7, 11) is 0. The molecule has 1 saturated heterocycles. The minimum Gasteiger partial charge on any atom is -0.508 e. The Morgan fingerprint density at radius 2 is 1.89 bits per heavy atom. The van der Waals surface area contributed by atoms with Gasteiger partial charge in [-0.05, 0) is 48.0 Å². The van der Waals surface area contributed by atoms with Crippen LogP contribution in [0.1, 0.15) is 27.2 Å². The van der Waals surface area contributed by atoms with Gasteiger partial charge in [0.1, 0.15) is 23.5 Å². The molecule has 1 amide bonds. The van der Waals surface area contributed by atoms with E-state index in [9.17, 15) is 19.1 Å². The fraction of sp³-hybridized carbons (Fsp3) is 0.192. The van der Waals surface area contributed by atoms with Crippen LogP contribution in [0.5, 0.6) is 5.75 Å². The summed E-state index contributed by atoms with van der Waals surface area (Å²) >= 11 is 0. The zero-order chi connectivity index (χ0) is 25.2. The molecule has 0 saturated carbocycles. The number of hydrogen-bond donors (Lipinski definition) is 2. The molecule has 0 atom stereocenters. The van der Waals surface area contributed by atoms with Crippen LogP contribution in [-0.4, -0.2) is 57.3 Å². The van der Waals surface area contributed by atoms with Crippen molar-refractivity contribution >= 4 is 22.5 Å². The van der Waals surface area contributed by atoms with Crippen molar-refractivity contribution in [1.82, 2.24) is 20.1 Å². The van der Waals surface area contributed by atoms with Gasteiger partial charge in [0.05, 0.1) is 22.2 Å². The number of pyridine rings is 1. The lowest BCUT2D eigenvalue weighted by atomic mass is 10.0. The number of phenols is 1. The summed E-state index contributed by atoms with van der Waals surface area (Å²) in [6.45, 7) is 1.86. The highest BCUT2D eigenvalue weighted by molar-refractivity contribution is 5.95. The summed E-state index contributed by atoms with van der Waals surface area (Å²) in [5.41, 5.74) is 1.20. The Kier molecular flexibility index (Phi) is 6.04. The van der Waals surface area contributed by atoms with Crippen LogP contribution in [0.2, 0.25) is 0 Å². The highest BCUT2D eigenvalue weighted by atomic mass is 19.1. The third-order valence-electron chi connectivity index (χ3n) is 6.25. The van der Waals surface area contributed by atoms with Crippen LogP contribution in [0.3, 0.4) is 0 Å². The van der Waals surface area contributed by atoms with Gasteiger partial charge in [-0.3, -0.25) is 9.59 Å². The third kappa shape index (κ3) is 4.46. The molecule has 2 aromatic heterocycles. The second kappa shape index (κ2) is 9.46. The van der Waals surface area contributed by atoms with Crippen molar-refractivity contribution < 1.29 is 14.3 Å². The number of aromatic hydroxyl groups is 1. The third-order valence-corrected chi connectivity index (χ3v) is 6.25. The second-order valence-corrected chi connectivity index (χ2v) is 8.52. The van der Waals surface area contributed by atoms with E-state index < -0.39 is 11.7 Å². The first kappa shape index (κ1) is 23.0. The summed E-state index contributed by atoms with van der Waals surface area (Å²) in [5, 5.41) is 26.2. The first-order valence-corrected chi connectivity index (χ1v) is 11.3. The molecule has 1 aliphatic heterocycles. The second-order valence-electron chi connectivity index (χ2n) is 8.52. The van der Waals surface area contributed by atoms with Gasteiger partial charge in [0.2, 0.25) is 0 Å². The highest BCUT2D eigenvalue weighted by Gasteiger charge is 2.25. The molecule has 4 aromatic rings. The summed E-state index contributed by atoms with van der Waals surface area (Å²) in [5.74, 6) is -0.294. The lowest BCUT2D eigenvalue weighted by Crippen LogP contribution is -2.49. The Bertz CT molecular complexity index is 1550. The normalized spacial score (nSPS) is 13.6. The van der Waals surface area contributed by atoms with Gasteiger partial charge >= 0.3 is 0 Å². The van der Waals surface area contributed by atoms with E-state index in [0.717, 1.165) is 5.82 Å². The number of nitrogens with zero attached hydrogens (tertiary/aromatic N) is 5. The van der Waals surface area contributed by atoms with E-state index in [2.05, 4.69) is 15.2 Å². The number of H-pyrrole nitrogens is 1. The molecule has 0 spiro atoms. The number of amides is 1. The number of fused-ring (bicyclic) bond motifs is 1. The van der Waals surface area contributed by atoms with Crippen LogP contribution in [0.4, 0.5) is 10.2 Å². The van der Waals surface area contributed by atoms with Crippen molar-refractivity contribution in [3.63, 3.8) is 0 Å². The van der Waals surface area contributed by atoms with Crippen LogP contribution in [0.15, 0.2) is 59.5 Å². The Hall–Kier alpha value is -4.78. The van der Waals surface area contributed by atoms with Gasteiger partial charge in [-0.25, -0.2) is 14.5 Å². The van der Waals surface area contributed by atoms with Crippen LogP contribution in [0, 0.1) is 17.1 Å². The van der Waals surface area contributed by atoms with E-state index in [1.54, 1.807) is 23.1 Å². The zero-order valence-electron chi connectivity index (χ0n) is 19.1. The molecule has 180 valence electrons. The molecule has 0 unspecified atom stereocenters. The van der Waals surface area contributed by atoms with Crippen molar-refractivity contribution in [3.05, 3.63) is 93.3 Å². The molecule has 5 rings (SSSR count).